The van der Waals surface area contributed by atoms with Crippen molar-refractivity contribution >= 4 is 22.0 Å². The number of nitrogens with one attached hydrogen (secondary N) is 1. The van der Waals surface area contributed by atoms with E-state index in [2.05, 4.69) is 25.9 Å². The van der Waals surface area contributed by atoms with Crippen LogP contribution in [-0.4, -0.2) is 37.1 Å². The maximum Gasteiger partial charge on any atom is 0.328 e. The molecule has 0 fully saturated rings. The number of rotatable bonds is 3. The minimum Gasteiger partial charge on any atom is -0.502 e. The molecule has 0 atom stereocenters. The zero-order valence-electron chi connectivity index (χ0n) is 10.3. The average Bonchev–Trinajstić information content (AvgIpc) is 2.90. The van der Waals surface area contributed by atoms with Gasteiger partial charge in [0.1, 0.15) is 0 Å². The van der Waals surface area contributed by atoms with Crippen LogP contribution in [0.1, 0.15) is 11.4 Å². The lowest BCUT2D eigenvalue weighted by Crippen LogP contribution is -2.28. The first kappa shape index (κ1) is 12.9. The summed E-state index contributed by atoms with van der Waals surface area (Å²) in [6.45, 7) is 0.899. The Morgan fingerprint density at radius 1 is 1.45 bits per heavy atom. The van der Waals surface area contributed by atoms with E-state index >= 15 is 0 Å². The molecular weight excluding hydrogens is 328 g/mol. The van der Waals surface area contributed by atoms with E-state index in [4.69, 9.17) is 0 Å². The normalized spacial score (nSPS) is 13.8. The molecule has 104 valence electrons. The van der Waals surface area contributed by atoms with Crippen LogP contribution in [0, 0.1) is 0 Å². The zero-order chi connectivity index (χ0) is 14.3. The molecule has 0 aliphatic carbocycles. The SMILES string of the molecule is O=C1N(CCc2nc[nH]c(=O)c2O)Cc2cc(Br)cn21. The third-order valence-corrected chi connectivity index (χ3v) is 3.65. The van der Waals surface area contributed by atoms with Gasteiger partial charge >= 0.3 is 6.03 Å². The van der Waals surface area contributed by atoms with Gasteiger partial charge in [0.2, 0.25) is 5.75 Å². The van der Waals surface area contributed by atoms with E-state index in [0.29, 0.717) is 25.2 Å². The summed E-state index contributed by atoms with van der Waals surface area (Å²) in [5, 5.41) is 9.59. The van der Waals surface area contributed by atoms with Gasteiger partial charge in [-0.15, -0.1) is 0 Å². The molecule has 0 saturated heterocycles. The van der Waals surface area contributed by atoms with E-state index in [1.54, 1.807) is 15.7 Å². The summed E-state index contributed by atoms with van der Waals surface area (Å²) in [5.74, 6) is -0.387. The van der Waals surface area contributed by atoms with Crippen LogP contribution in [0.15, 0.2) is 27.9 Å². The Labute approximate surface area is 122 Å². The molecular formula is C12H11BrN4O3. The van der Waals surface area contributed by atoms with Crippen LogP contribution in [-0.2, 0) is 13.0 Å². The molecule has 0 unspecified atom stereocenters. The first-order chi connectivity index (χ1) is 9.56. The molecule has 1 aliphatic rings. The molecule has 0 bridgehead atoms. The predicted molar refractivity (Wildman–Crippen MR) is 73.6 cm³/mol. The van der Waals surface area contributed by atoms with Gasteiger partial charge in [0.25, 0.3) is 5.56 Å². The Balaban J connectivity index is 1.72. The van der Waals surface area contributed by atoms with Crippen molar-refractivity contribution in [3.05, 3.63) is 44.8 Å². The van der Waals surface area contributed by atoms with E-state index in [1.807, 2.05) is 6.07 Å². The van der Waals surface area contributed by atoms with Crippen molar-refractivity contribution in [3.63, 3.8) is 0 Å². The smallest absolute Gasteiger partial charge is 0.328 e. The fourth-order valence-electron chi connectivity index (χ4n) is 2.22. The summed E-state index contributed by atoms with van der Waals surface area (Å²) >= 11 is 3.33. The van der Waals surface area contributed by atoms with Crippen LogP contribution in [0.4, 0.5) is 4.79 Å². The lowest BCUT2D eigenvalue weighted by Gasteiger charge is -2.14. The van der Waals surface area contributed by atoms with Crippen molar-refractivity contribution < 1.29 is 9.90 Å². The van der Waals surface area contributed by atoms with Crippen molar-refractivity contribution in [2.75, 3.05) is 6.54 Å². The van der Waals surface area contributed by atoms with E-state index in [9.17, 15) is 14.7 Å². The van der Waals surface area contributed by atoms with Gasteiger partial charge in [-0.05, 0) is 22.0 Å². The number of carbonyl (C=O) groups excluding carboxylic acids is 1. The van der Waals surface area contributed by atoms with Gasteiger partial charge in [-0.3, -0.25) is 9.36 Å². The minimum absolute atomic E-state index is 0.116. The van der Waals surface area contributed by atoms with Crippen LogP contribution < -0.4 is 5.56 Å². The van der Waals surface area contributed by atoms with Crippen molar-refractivity contribution in [2.24, 2.45) is 0 Å². The Bertz CT molecular complexity index is 737. The largest absolute Gasteiger partial charge is 0.502 e. The number of aromatic amines is 1. The Morgan fingerprint density at radius 3 is 3.00 bits per heavy atom. The van der Waals surface area contributed by atoms with Crippen molar-refractivity contribution in [1.82, 2.24) is 19.4 Å². The van der Waals surface area contributed by atoms with Gasteiger partial charge < -0.3 is 15.0 Å². The fraction of sp³-hybridized carbons (Fsp3) is 0.250. The topological polar surface area (TPSA) is 91.2 Å². The Morgan fingerprint density at radius 2 is 2.25 bits per heavy atom. The maximum absolute atomic E-state index is 12.1. The lowest BCUT2D eigenvalue weighted by atomic mass is 10.2. The van der Waals surface area contributed by atoms with Crippen LogP contribution in [0.5, 0.6) is 5.75 Å². The molecule has 3 rings (SSSR count). The number of hydrogen-bond donors (Lipinski definition) is 2. The zero-order valence-corrected chi connectivity index (χ0v) is 11.9. The van der Waals surface area contributed by atoms with E-state index < -0.39 is 5.56 Å². The van der Waals surface area contributed by atoms with Gasteiger partial charge in [0.15, 0.2) is 0 Å². The molecule has 3 heterocycles. The first-order valence-corrected chi connectivity index (χ1v) is 6.77. The van der Waals surface area contributed by atoms with E-state index in [-0.39, 0.29) is 11.8 Å². The predicted octanol–water partition coefficient (Wildman–Crippen LogP) is 1.07. The summed E-state index contributed by atoms with van der Waals surface area (Å²) in [6, 6.07) is 1.77. The molecule has 0 aromatic carbocycles. The van der Waals surface area contributed by atoms with Crippen LogP contribution in [0.2, 0.25) is 0 Å². The highest BCUT2D eigenvalue weighted by molar-refractivity contribution is 9.10. The summed E-state index contributed by atoms with van der Waals surface area (Å²) in [6.07, 6.45) is 3.29. The summed E-state index contributed by atoms with van der Waals surface area (Å²) in [4.78, 5) is 31.2. The van der Waals surface area contributed by atoms with Gasteiger partial charge in [0.05, 0.1) is 18.6 Å². The number of fused-ring (bicyclic) bond motifs is 1. The molecule has 2 N–H and O–H groups in total. The molecule has 0 radical (unpaired) electrons. The number of H-pyrrole nitrogens is 1. The summed E-state index contributed by atoms with van der Waals surface area (Å²) in [5.41, 5.74) is 0.627. The molecule has 2 aromatic rings. The fourth-order valence-corrected chi connectivity index (χ4v) is 2.68. The van der Waals surface area contributed by atoms with E-state index in [0.717, 1.165) is 10.2 Å². The van der Waals surface area contributed by atoms with E-state index in [1.165, 1.54) is 6.33 Å². The lowest BCUT2D eigenvalue weighted by molar-refractivity contribution is 0.209. The van der Waals surface area contributed by atoms with Gasteiger partial charge in [-0.1, -0.05) is 0 Å². The average molecular weight is 339 g/mol. The number of aromatic hydroxyl groups is 1. The third-order valence-electron chi connectivity index (χ3n) is 3.22. The van der Waals surface area contributed by atoms with Crippen molar-refractivity contribution in [2.45, 2.75) is 13.0 Å². The molecule has 1 aliphatic heterocycles. The Kier molecular flexibility index (Phi) is 3.09. The van der Waals surface area contributed by atoms with Crippen molar-refractivity contribution in [3.8, 4) is 5.75 Å². The number of hydrogen-bond acceptors (Lipinski definition) is 4. The monoisotopic (exact) mass is 338 g/mol. The molecule has 20 heavy (non-hydrogen) atoms. The maximum atomic E-state index is 12.1. The molecule has 0 saturated carbocycles. The minimum atomic E-state index is -0.571. The molecule has 8 heteroatoms. The highest BCUT2D eigenvalue weighted by Crippen LogP contribution is 2.23. The highest BCUT2D eigenvalue weighted by Gasteiger charge is 2.27. The van der Waals surface area contributed by atoms with Gasteiger partial charge in [-0.25, -0.2) is 9.78 Å². The quantitative estimate of drug-likeness (QED) is 0.875. The third kappa shape index (κ3) is 2.11. The second-order valence-electron chi connectivity index (χ2n) is 4.50. The molecule has 7 nitrogen and oxygen atoms in total. The number of aromatic nitrogens is 3. The summed E-state index contributed by atoms with van der Waals surface area (Å²) < 4.78 is 2.45. The van der Waals surface area contributed by atoms with Crippen molar-refractivity contribution in [1.29, 1.82) is 0 Å². The number of halogens is 1. The highest BCUT2D eigenvalue weighted by atomic mass is 79.9. The molecule has 2 aromatic heterocycles. The summed E-state index contributed by atoms with van der Waals surface area (Å²) in [7, 11) is 0. The van der Waals surface area contributed by atoms with Gasteiger partial charge in [0, 0.05) is 29.3 Å². The number of amides is 1. The number of carbonyl (C=O) groups is 1. The van der Waals surface area contributed by atoms with Gasteiger partial charge in [-0.2, -0.15) is 0 Å². The first-order valence-electron chi connectivity index (χ1n) is 5.98. The standard InChI is InChI=1S/C12H11BrN4O3/c13-7-3-8-5-16(12(20)17(8)4-7)2-1-9-10(18)11(19)15-6-14-9/h3-4,6,18H,1-2,5H2,(H,14,15,19). The molecule has 0 spiro atoms. The second-order valence-corrected chi connectivity index (χ2v) is 5.42. The Hall–Kier alpha value is -2.09. The van der Waals surface area contributed by atoms with Crippen LogP contribution in [0.3, 0.4) is 0 Å². The second kappa shape index (κ2) is 4.78. The number of nitrogens with zero attached hydrogens (tertiary/aromatic N) is 3. The molecule has 1 amide bonds. The van der Waals surface area contributed by atoms with Crippen LogP contribution in [0.25, 0.3) is 0 Å². The van der Waals surface area contributed by atoms with Crippen LogP contribution >= 0.6 is 15.9 Å².